The van der Waals surface area contributed by atoms with E-state index in [9.17, 15) is 0 Å². The van der Waals surface area contributed by atoms with Gasteiger partial charge in [-0.25, -0.2) is 0 Å². The minimum Gasteiger partial charge on any atom is -0.399 e. The van der Waals surface area contributed by atoms with Gasteiger partial charge in [-0.15, -0.1) is 0 Å². The average Bonchev–Trinajstić information content (AvgIpc) is 2.32. The Hall–Kier alpha value is -1.02. The first-order valence-electron chi connectivity index (χ1n) is 6.67. The molecule has 1 fully saturated rings. The van der Waals surface area contributed by atoms with E-state index >= 15 is 0 Å². The molecule has 0 aromatic heterocycles. The maximum atomic E-state index is 5.86. The molecule has 2 N–H and O–H groups in total. The lowest BCUT2D eigenvalue weighted by Crippen LogP contribution is -2.39. The molecule has 0 spiro atoms. The lowest BCUT2D eigenvalue weighted by atomic mass is 9.87. The highest BCUT2D eigenvalue weighted by atomic mass is 15.2. The van der Waals surface area contributed by atoms with Crippen LogP contribution < -0.4 is 5.73 Å². The van der Waals surface area contributed by atoms with Gasteiger partial charge in [-0.05, 0) is 49.4 Å². The molecule has 2 heteroatoms. The zero-order valence-corrected chi connectivity index (χ0v) is 11.2. The van der Waals surface area contributed by atoms with Crippen LogP contribution in [0.2, 0.25) is 0 Å². The molecule has 3 unspecified atom stereocenters. The second kappa shape index (κ2) is 5.09. The molecule has 0 radical (unpaired) electrons. The largest absolute Gasteiger partial charge is 0.399 e. The molecule has 1 saturated heterocycles. The van der Waals surface area contributed by atoms with E-state index in [0.29, 0.717) is 6.04 Å². The van der Waals surface area contributed by atoms with Crippen molar-refractivity contribution in [2.75, 3.05) is 18.8 Å². The van der Waals surface area contributed by atoms with Gasteiger partial charge in [0.1, 0.15) is 0 Å². The number of rotatable bonds is 2. The molecular weight excluding hydrogens is 208 g/mol. The van der Waals surface area contributed by atoms with Gasteiger partial charge in [0.2, 0.25) is 0 Å². The highest BCUT2D eigenvalue weighted by Gasteiger charge is 2.26. The first kappa shape index (κ1) is 12.4. The van der Waals surface area contributed by atoms with Crippen molar-refractivity contribution >= 4 is 5.69 Å². The third-order valence-corrected chi connectivity index (χ3v) is 4.31. The molecule has 2 rings (SSSR count). The molecule has 17 heavy (non-hydrogen) atoms. The van der Waals surface area contributed by atoms with Gasteiger partial charge in [-0.2, -0.15) is 0 Å². The monoisotopic (exact) mass is 232 g/mol. The van der Waals surface area contributed by atoms with Crippen LogP contribution in [-0.2, 0) is 0 Å². The van der Waals surface area contributed by atoms with Gasteiger partial charge in [-0.1, -0.05) is 26.0 Å². The number of hydrogen-bond donors (Lipinski definition) is 1. The summed E-state index contributed by atoms with van der Waals surface area (Å²) < 4.78 is 0. The van der Waals surface area contributed by atoms with Crippen LogP contribution in [0.1, 0.15) is 38.8 Å². The predicted molar refractivity (Wildman–Crippen MR) is 73.8 cm³/mol. The topological polar surface area (TPSA) is 29.3 Å². The standard InChI is InChI=1S/C15H24N2/c1-11-7-8-17(10-12(11)2)13(3)14-5-4-6-15(16)9-14/h4-6,9,11-13H,7-8,10,16H2,1-3H3. The Morgan fingerprint density at radius 3 is 2.71 bits per heavy atom. The Bertz CT molecular complexity index is 375. The van der Waals surface area contributed by atoms with Gasteiger partial charge in [-0.3, -0.25) is 4.90 Å². The Labute approximate surface area is 105 Å². The van der Waals surface area contributed by atoms with Crippen LogP contribution in [0.3, 0.4) is 0 Å². The van der Waals surface area contributed by atoms with Crippen molar-refractivity contribution in [3.63, 3.8) is 0 Å². The fourth-order valence-corrected chi connectivity index (χ4v) is 2.68. The minimum absolute atomic E-state index is 0.480. The minimum atomic E-state index is 0.480. The fourth-order valence-electron chi connectivity index (χ4n) is 2.68. The van der Waals surface area contributed by atoms with E-state index in [-0.39, 0.29) is 0 Å². The molecule has 2 nitrogen and oxygen atoms in total. The van der Waals surface area contributed by atoms with Gasteiger partial charge >= 0.3 is 0 Å². The smallest absolute Gasteiger partial charge is 0.0320 e. The summed E-state index contributed by atoms with van der Waals surface area (Å²) in [6.45, 7) is 9.44. The zero-order valence-electron chi connectivity index (χ0n) is 11.2. The number of anilines is 1. The fraction of sp³-hybridized carbons (Fsp3) is 0.600. The van der Waals surface area contributed by atoms with Crippen molar-refractivity contribution in [2.45, 2.75) is 33.2 Å². The maximum absolute atomic E-state index is 5.86. The number of nitrogens with two attached hydrogens (primary N) is 1. The van der Waals surface area contributed by atoms with Crippen LogP contribution in [0.4, 0.5) is 5.69 Å². The van der Waals surface area contributed by atoms with Gasteiger partial charge in [0.05, 0.1) is 0 Å². The third kappa shape index (κ3) is 2.81. The van der Waals surface area contributed by atoms with Crippen molar-refractivity contribution in [1.29, 1.82) is 0 Å². The van der Waals surface area contributed by atoms with Crippen LogP contribution in [0.5, 0.6) is 0 Å². The Balaban J connectivity index is 2.07. The number of likely N-dealkylation sites (tertiary alicyclic amines) is 1. The van der Waals surface area contributed by atoms with Crippen molar-refractivity contribution in [1.82, 2.24) is 4.90 Å². The van der Waals surface area contributed by atoms with E-state index in [4.69, 9.17) is 5.73 Å². The lowest BCUT2D eigenvalue weighted by molar-refractivity contribution is 0.103. The van der Waals surface area contributed by atoms with Gasteiger partial charge in [0.25, 0.3) is 0 Å². The molecule has 1 heterocycles. The summed E-state index contributed by atoms with van der Waals surface area (Å²) in [6, 6.07) is 8.78. The predicted octanol–water partition coefficient (Wildman–Crippen LogP) is 3.31. The lowest BCUT2D eigenvalue weighted by Gasteiger charge is -2.39. The molecule has 1 aliphatic heterocycles. The molecular formula is C15H24N2. The van der Waals surface area contributed by atoms with Crippen molar-refractivity contribution in [3.05, 3.63) is 29.8 Å². The SMILES string of the molecule is CC1CCN(C(C)c2cccc(N)c2)CC1C. The summed E-state index contributed by atoms with van der Waals surface area (Å²) >= 11 is 0. The summed E-state index contributed by atoms with van der Waals surface area (Å²) in [7, 11) is 0. The quantitative estimate of drug-likeness (QED) is 0.793. The molecule has 0 saturated carbocycles. The average molecular weight is 232 g/mol. The maximum Gasteiger partial charge on any atom is 0.0320 e. The number of nitrogen functional groups attached to an aromatic ring is 1. The number of benzene rings is 1. The molecule has 3 atom stereocenters. The van der Waals surface area contributed by atoms with E-state index in [2.05, 4.69) is 43.9 Å². The van der Waals surface area contributed by atoms with Gasteiger partial charge in [0.15, 0.2) is 0 Å². The Kier molecular flexibility index (Phi) is 3.72. The van der Waals surface area contributed by atoms with E-state index < -0.39 is 0 Å². The third-order valence-electron chi connectivity index (χ3n) is 4.31. The molecule has 1 aromatic rings. The van der Waals surface area contributed by atoms with E-state index in [0.717, 1.165) is 17.5 Å². The number of nitrogens with zero attached hydrogens (tertiary/aromatic N) is 1. The highest BCUT2D eigenvalue weighted by molar-refractivity contribution is 5.41. The van der Waals surface area contributed by atoms with E-state index in [1.807, 2.05) is 6.07 Å². The van der Waals surface area contributed by atoms with E-state index in [1.54, 1.807) is 0 Å². The molecule has 0 bridgehead atoms. The number of hydrogen-bond acceptors (Lipinski definition) is 2. The summed E-state index contributed by atoms with van der Waals surface area (Å²) in [6.07, 6.45) is 1.31. The zero-order chi connectivity index (χ0) is 12.4. The first-order chi connectivity index (χ1) is 8.08. The second-order valence-corrected chi connectivity index (χ2v) is 5.58. The van der Waals surface area contributed by atoms with Crippen LogP contribution in [0, 0.1) is 11.8 Å². The van der Waals surface area contributed by atoms with Crippen LogP contribution >= 0.6 is 0 Å². The summed E-state index contributed by atoms with van der Waals surface area (Å²) in [5.74, 6) is 1.66. The molecule has 94 valence electrons. The summed E-state index contributed by atoms with van der Waals surface area (Å²) in [5, 5.41) is 0. The van der Waals surface area contributed by atoms with E-state index in [1.165, 1.54) is 25.1 Å². The number of piperidine rings is 1. The second-order valence-electron chi connectivity index (χ2n) is 5.58. The molecule has 0 amide bonds. The molecule has 1 aromatic carbocycles. The molecule has 1 aliphatic rings. The van der Waals surface area contributed by atoms with Crippen molar-refractivity contribution in [2.24, 2.45) is 11.8 Å². The van der Waals surface area contributed by atoms with Crippen LogP contribution in [-0.4, -0.2) is 18.0 Å². The Morgan fingerprint density at radius 2 is 2.06 bits per heavy atom. The summed E-state index contributed by atoms with van der Waals surface area (Å²) in [4.78, 5) is 2.58. The first-order valence-corrected chi connectivity index (χ1v) is 6.67. The van der Waals surface area contributed by atoms with Gasteiger partial charge < -0.3 is 5.73 Å². The van der Waals surface area contributed by atoms with Gasteiger partial charge in [0, 0.05) is 18.3 Å². The van der Waals surface area contributed by atoms with Crippen LogP contribution in [0.15, 0.2) is 24.3 Å². The van der Waals surface area contributed by atoms with Crippen LogP contribution in [0.25, 0.3) is 0 Å². The summed E-state index contributed by atoms with van der Waals surface area (Å²) in [5.41, 5.74) is 8.06. The normalized spacial score (nSPS) is 27.9. The highest BCUT2D eigenvalue weighted by Crippen LogP contribution is 2.29. The Morgan fingerprint density at radius 1 is 1.29 bits per heavy atom. The molecule has 0 aliphatic carbocycles. The van der Waals surface area contributed by atoms with Crippen molar-refractivity contribution < 1.29 is 0 Å². The van der Waals surface area contributed by atoms with Crippen molar-refractivity contribution in [3.8, 4) is 0 Å².